The van der Waals surface area contributed by atoms with Crippen LogP contribution in [0.5, 0.6) is 5.75 Å². The fourth-order valence-corrected chi connectivity index (χ4v) is 2.26. The first kappa shape index (κ1) is 13.1. The van der Waals surface area contributed by atoms with Crippen molar-refractivity contribution in [1.29, 1.82) is 0 Å². The molecule has 0 aliphatic heterocycles. The molecule has 0 aliphatic carbocycles. The van der Waals surface area contributed by atoms with E-state index in [9.17, 15) is 9.90 Å². The number of nitrogens with zero attached hydrogens (tertiary/aromatic N) is 1. The highest BCUT2D eigenvalue weighted by molar-refractivity contribution is 6.01. The number of rotatable bonds is 3. The maximum absolute atomic E-state index is 11.6. The number of fused-ring (bicyclic) bond motifs is 1. The van der Waals surface area contributed by atoms with E-state index in [4.69, 9.17) is 0 Å². The number of hydrogen-bond donors (Lipinski definition) is 2. The van der Waals surface area contributed by atoms with Crippen LogP contribution in [-0.4, -0.2) is 22.1 Å². The third-order valence-corrected chi connectivity index (χ3v) is 3.32. The number of benzene rings is 2. The molecule has 21 heavy (non-hydrogen) atoms. The Morgan fingerprint density at radius 1 is 1.14 bits per heavy atom. The first-order chi connectivity index (χ1) is 10.2. The van der Waals surface area contributed by atoms with Gasteiger partial charge in [-0.05, 0) is 31.2 Å². The number of para-hydroxylation sites is 2. The molecule has 0 spiro atoms. The summed E-state index contributed by atoms with van der Waals surface area (Å²) in [5.41, 5.74) is 2.51. The Hall–Kier alpha value is -2.88. The first-order valence-corrected chi connectivity index (χ1v) is 6.60. The Balaban J connectivity index is 2.02. The lowest BCUT2D eigenvalue weighted by molar-refractivity contribution is 0.101. The van der Waals surface area contributed by atoms with E-state index in [-0.39, 0.29) is 11.5 Å². The van der Waals surface area contributed by atoms with E-state index in [1.165, 1.54) is 13.1 Å². The number of hydrogen-bond acceptors (Lipinski definition) is 3. The summed E-state index contributed by atoms with van der Waals surface area (Å²) in [6.45, 7) is 1.51. The van der Waals surface area contributed by atoms with E-state index in [2.05, 4.69) is 9.98 Å². The molecule has 3 aromatic rings. The zero-order chi connectivity index (χ0) is 14.8. The van der Waals surface area contributed by atoms with E-state index in [1.807, 2.05) is 30.3 Å². The van der Waals surface area contributed by atoms with E-state index >= 15 is 0 Å². The van der Waals surface area contributed by atoms with Crippen LogP contribution in [0.4, 0.5) is 5.69 Å². The average Bonchev–Trinajstić information content (AvgIpc) is 2.82. The van der Waals surface area contributed by atoms with Crippen molar-refractivity contribution in [3.8, 4) is 5.75 Å². The van der Waals surface area contributed by atoms with E-state index in [0.717, 1.165) is 10.9 Å². The van der Waals surface area contributed by atoms with Gasteiger partial charge >= 0.3 is 0 Å². The summed E-state index contributed by atoms with van der Waals surface area (Å²) < 4.78 is 0. The van der Waals surface area contributed by atoms with Crippen LogP contribution in [-0.2, 0) is 0 Å². The molecule has 4 heteroatoms. The molecule has 0 unspecified atom stereocenters. The van der Waals surface area contributed by atoms with Gasteiger partial charge in [-0.2, -0.15) is 0 Å². The normalized spacial score (nSPS) is 11.3. The van der Waals surface area contributed by atoms with Crippen LogP contribution < -0.4 is 0 Å². The second-order valence-corrected chi connectivity index (χ2v) is 4.76. The van der Waals surface area contributed by atoms with Gasteiger partial charge < -0.3 is 10.1 Å². The summed E-state index contributed by atoms with van der Waals surface area (Å²) in [6.07, 6.45) is 1.54. The highest BCUT2D eigenvalue weighted by Gasteiger charge is 2.08. The average molecular weight is 278 g/mol. The van der Waals surface area contributed by atoms with Crippen molar-refractivity contribution in [3.63, 3.8) is 0 Å². The molecule has 0 bridgehead atoms. The minimum Gasteiger partial charge on any atom is -0.505 e. The molecule has 0 radical (unpaired) electrons. The second kappa shape index (κ2) is 5.25. The van der Waals surface area contributed by atoms with Crippen LogP contribution in [0, 0.1) is 0 Å². The van der Waals surface area contributed by atoms with E-state index in [0.29, 0.717) is 16.9 Å². The third-order valence-electron chi connectivity index (χ3n) is 3.32. The van der Waals surface area contributed by atoms with Crippen molar-refractivity contribution in [3.05, 3.63) is 59.8 Å². The molecule has 104 valence electrons. The molecule has 1 heterocycles. The zero-order valence-corrected chi connectivity index (χ0v) is 11.5. The molecule has 0 amide bonds. The van der Waals surface area contributed by atoms with Gasteiger partial charge in [0.05, 0.1) is 11.9 Å². The standard InChI is InChI=1S/C17H14N2O2/c1-11(20)12-6-2-4-8-14(12)18-10-16-17(21)13-7-3-5-9-15(13)19-16/h2-10,19,21H,1H3. The molecule has 3 rings (SSSR count). The lowest BCUT2D eigenvalue weighted by Crippen LogP contribution is -1.92. The Morgan fingerprint density at radius 2 is 1.86 bits per heavy atom. The maximum Gasteiger partial charge on any atom is 0.161 e. The Labute approximate surface area is 121 Å². The predicted octanol–water partition coefficient (Wildman–Crippen LogP) is 3.83. The topological polar surface area (TPSA) is 65.5 Å². The highest BCUT2D eigenvalue weighted by atomic mass is 16.3. The molecule has 4 nitrogen and oxygen atoms in total. The molecule has 0 atom stereocenters. The number of aliphatic imine (C=N–C) groups is 1. The van der Waals surface area contributed by atoms with Crippen molar-refractivity contribution in [1.82, 2.24) is 4.98 Å². The number of carbonyl (C=O) groups is 1. The smallest absolute Gasteiger partial charge is 0.161 e. The Bertz CT molecular complexity index is 847. The lowest BCUT2D eigenvalue weighted by atomic mass is 10.1. The number of aromatic amines is 1. The first-order valence-electron chi connectivity index (χ1n) is 6.60. The molecular formula is C17H14N2O2. The summed E-state index contributed by atoms with van der Waals surface area (Å²) in [6, 6.07) is 14.6. The minimum atomic E-state index is -0.0383. The van der Waals surface area contributed by atoms with Crippen LogP contribution in [0.3, 0.4) is 0 Å². The van der Waals surface area contributed by atoms with E-state index < -0.39 is 0 Å². The molecule has 1 aromatic heterocycles. The van der Waals surface area contributed by atoms with Crippen molar-refractivity contribution in [2.75, 3.05) is 0 Å². The fourth-order valence-electron chi connectivity index (χ4n) is 2.26. The molecular weight excluding hydrogens is 264 g/mol. The highest BCUT2D eigenvalue weighted by Crippen LogP contribution is 2.28. The zero-order valence-electron chi connectivity index (χ0n) is 11.5. The number of aromatic nitrogens is 1. The summed E-state index contributed by atoms with van der Waals surface area (Å²) >= 11 is 0. The van der Waals surface area contributed by atoms with Crippen molar-refractivity contribution in [2.45, 2.75) is 6.92 Å². The maximum atomic E-state index is 11.6. The van der Waals surface area contributed by atoms with Gasteiger partial charge in [0, 0.05) is 16.5 Å². The van der Waals surface area contributed by atoms with Gasteiger partial charge in [0.15, 0.2) is 5.78 Å². The monoisotopic (exact) mass is 278 g/mol. The summed E-state index contributed by atoms with van der Waals surface area (Å²) in [7, 11) is 0. The molecule has 0 aliphatic rings. The largest absolute Gasteiger partial charge is 0.505 e. The van der Waals surface area contributed by atoms with Crippen molar-refractivity contribution < 1.29 is 9.90 Å². The van der Waals surface area contributed by atoms with Crippen LogP contribution in [0.25, 0.3) is 10.9 Å². The Kier molecular flexibility index (Phi) is 3.28. The van der Waals surface area contributed by atoms with Gasteiger partial charge in [0.1, 0.15) is 11.4 Å². The van der Waals surface area contributed by atoms with Gasteiger partial charge in [-0.1, -0.05) is 24.3 Å². The quantitative estimate of drug-likeness (QED) is 0.565. The van der Waals surface area contributed by atoms with Crippen LogP contribution in [0.15, 0.2) is 53.5 Å². The molecule has 0 fully saturated rings. The molecule has 2 aromatic carbocycles. The number of nitrogens with one attached hydrogen (secondary N) is 1. The molecule has 0 saturated carbocycles. The van der Waals surface area contributed by atoms with Crippen LogP contribution in [0.1, 0.15) is 23.0 Å². The number of carbonyl (C=O) groups excluding carboxylic acids is 1. The van der Waals surface area contributed by atoms with Gasteiger partial charge in [-0.15, -0.1) is 0 Å². The number of Topliss-reactive ketones (excluding diaryl/α,β-unsaturated/α-hetero) is 1. The Morgan fingerprint density at radius 3 is 2.62 bits per heavy atom. The molecule has 2 N–H and O–H groups in total. The van der Waals surface area contributed by atoms with Crippen LogP contribution >= 0.6 is 0 Å². The number of H-pyrrole nitrogens is 1. The predicted molar refractivity (Wildman–Crippen MR) is 83.7 cm³/mol. The van der Waals surface area contributed by atoms with Crippen molar-refractivity contribution >= 4 is 28.6 Å². The SMILES string of the molecule is CC(=O)c1ccccc1N=Cc1[nH]c2ccccc2c1O. The van der Waals surface area contributed by atoms with E-state index in [1.54, 1.807) is 18.2 Å². The van der Waals surface area contributed by atoms with Crippen molar-refractivity contribution in [2.24, 2.45) is 4.99 Å². The lowest BCUT2D eigenvalue weighted by Gasteiger charge is -2.00. The summed E-state index contributed by atoms with van der Waals surface area (Å²) in [5.74, 6) is 0.123. The third kappa shape index (κ3) is 2.43. The fraction of sp³-hybridized carbons (Fsp3) is 0.0588. The van der Waals surface area contributed by atoms with Gasteiger partial charge in [0.25, 0.3) is 0 Å². The van der Waals surface area contributed by atoms with Crippen LogP contribution in [0.2, 0.25) is 0 Å². The minimum absolute atomic E-state index is 0.0383. The summed E-state index contributed by atoms with van der Waals surface area (Å²) in [5, 5.41) is 10.9. The van der Waals surface area contributed by atoms with Gasteiger partial charge in [-0.3, -0.25) is 9.79 Å². The number of ketones is 1. The molecule has 0 saturated heterocycles. The second-order valence-electron chi connectivity index (χ2n) is 4.76. The summed E-state index contributed by atoms with van der Waals surface area (Å²) in [4.78, 5) is 19.0. The number of aromatic hydroxyl groups is 1. The van der Waals surface area contributed by atoms with Gasteiger partial charge in [-0.25, -0.2) is 0 Å². The van der Waals surface area contributed by atoms with Gasteiger partial charge in [0.2, 0.25) is 0 Å².